The average Bonchev–Trinajstić information content (AvgIpc) is 2.91. The molecule has 1 unspecified atom stereocenters. The lowest BCUT2D eigenvalue weighted by atomic mass is 10.0. The van der Waals surface area contributed by atoms with Crippen LogP contribution in [0, 0.1) is 5.82 Å². The van der Waals surface area contributed by atoms with Crippen molar-refractivity contribution >= 4 is 5.69 Å². The van der Waals surface area contributed by atoms with Crippen molar-refractivity contribution in [2.75, 3.05) is 12.3 Å². The van der Waals surface area contributed by atoms with Gasteiger partial charge in [-0.1, -0.05) is 36.4 Å². The Morgan fingerprint density at radius 1 is 1.15 bits per heavy atom. The highest BCUT2D eigenvalue weighted by Crippen LogP contribution is 2.33. The maximum atomic E-state index is 13.1. The van der Waals surface area contributed by atoms with E-state index in [1.54, 1.807) is 6.07 Å². The van der Waals surface area contributed by atoms with E-state index in [1.165, 1.54) is 30.5 Å². The molecule has 1 saturated heterocycles. The van der Waals surface area contributed by atoms with Crippen molar-refractivity contribution in [3.63, 3.8) is 0 Å². The van der Waals surface area contributed by atoms with Gasteiger partial charge in [0.05, 0.1) is 0 Å². The molecule has 2 N–H and O–H groups in total. The minimum Gasteiger partial charge on any atom is -0.398 e. The molecular formula is C17H19FN2. The molecule has 0 aliphatic carbocycles. The Morgan fingerprint density at radius 2 is 1.95 bits per heavy atom. The molecular weight excluding hydrogens is 251 g/mol. The molecule has 1 aliphatic rings. The standard InChI is InChI=1S/C17H19FN2/c18-15-9-8-14(16(19)11-15)12-20-10-4-7-17(20)13-5-2-1-3-6-13/h1-3,5-6,8-9,11,17H,4,7,10,12,19H2. The van der Waals surface area contributed by atoms with E-state index in [0.29, 0.717) is 11.7 Å². The van der Waals surface area contributed by atoms with Crippen molar-refractivity contribution in [2.45, 2.75) is 25.4 Å². The van der Waals surface area contributed by atoms with Gasteiger partial charge in [-0.05, 0) is 42.6 Å². The van der Waals surface area contributed by atoms with E-state index >= 15 is 0 Å². The van der Waals surface area contributed by atoms with Crippen molar-refractivity contribution < 1.29 is 4.39 Å². The van der Waals surface area contributed by atoms with Gasteiger partial charge in [-0.3, -0.25) is 4.90 Å². The first-order valence-electron chi connectivity index (χ1n) is 7.07. The van der Waals surface area contributed by atoms with Gasteiger partial charge in [-0.15, -0.1) is 0 Å². The highest BCUT2D eigenvalue weighted by molar-refractivity contribution is 5.46. The van der Waals surface area contributed by atoms with Crippen molar-refractivity contribution in [1.82, 2.24) is 4.90 Å². The Bertz CT molecular complexity index is 583. The molecule has 2 nitrogen and oxygen atoms in total. The maximum absolute atomic E-state index is 13.1. The average molecular weight is 270 g/mol. The fraction of sp³-hybridized carbons (Fsp3) is 0.294. The van der Waals surface area contributed by atoms with Crippen LogP contribution in [-0.4, -0.2) is 11.4 Å². The van der Waals surface area contributed by atoms with Gasteiger partial charge in [0.2, 0.25) is 0 Å². The van der Waals surface area contributed by atoms with E-state index in [4.69, 9.17) is 5.73 Å². The van der Waals surface area contributed by atoms with Gasteiger partial charge in [-0.2, -0.15) is 0 Å². The Morgan fingerprint density at radius 3 is 2.70 bits per heavy atom. The van der Waals surface area contributed by atoms with Crippen LogP contribution in [0.3, 0.4) is 0 Å². The molecule has 0 spiro atoms. The molecule has 104 valence electrons. The highest BCUT2D eigenvalue weighted by atomic mass is 19.1. The Hall–Kier alpha value is -1.87. The number of nitrogens with two attached hydrogens (primary N) is 1. The molecule has 1 aliphatic heterocycles. The summed E-state index contributed by atoms with van der Waals surface area (Å²) in [5.41, 5.74) is 8.82. The van der Waals surface area contributed by atoms with Crippen LogP contribution >= 0.6 is 0 Å². The summed E-state index contributed by atoms with van der Waals surface area (Å²) in [6, 6.07) is 15.7. The number of hydrogen-bond acceptors (Lipinski definition) is 2. The van der Waals surface area contributed by atoms with Gasteiger partial charge in [0.15, 0.2) is 0 Å². The van der Waals surface area contributed by atoms with E-state index in [2.05, 4.69) is 29.2 Å². The van der Waals surface area contributed by atoms with Crippen LogP contribution in [-0.2, 0) is 6.54 Å². The van der Waals surface area contributed by atoms with Gasteiger partial charge < -0.3 is 5.73 Å². The lowest BCUT2D eigenvalue weighted by Gasteiger charge is -2.25. The van der Waals surface area contributed by atoms with E-state index < -0.39 is 0 Å². The zero-order chi connectivity index (χ0) is 13.9. The Kier molecular flexibility index (Phi) is 3.70. The molecule has 1 atom stereocenters. The SMILES string of the molecule is Nc1cc(F)ccc1CN1CCCC1c1ccccc1. The summed E-state index contributed by atoms with van der Waals surface area (Å²) >= 11 is 0. The smallest absolute Gasteiger partial charge is 0.125 e. The summed E-state index contributed by atoms with van der Waals surface area (Å²) < 4.78 is 13.1. The second-order valence-corrected chi connectivity index (χ2v) is 5.38. The summed E-state index contributed by atoms with van der Waals surface area (Å²) in [4.78, 5) is 2.43. The summed E-state index contributed by atoms with van der Waals surface area (Å²) in [5, 5.41) is 0. The maximum Gasteiger partial charge on any atom is 0.125 e. The zero-order valence-electron chi connectivity index (χ0n) is 11.4. The first kappa shape index (κ1) is 13.1. The van der Waals surface area contributed by atoms with Crippen molar-refractivity contribution in [3.05, 3.63) is 65.5 Å². The van der Waals surface area contributed by atoms with E-state index in [9.17, 15) is 4.39 Å². The molecule has 0 amide bonds. The normalized spacial score (nSPS) is 19.4. The van der Waals surface area contributed by atoms with Crippen LogP contribution < -0.4 is 5.73 Å². The van der Waals surface area contributed by atoms with Crippen molar-refractivity contribution in [2.24, 2.45) is 0 Å². The van der Waals surface area contributed by atoms with E-state index in [-0.39, 0.29) is 5.82 Å². The summed E-state index contributed by atoms with van der Waals surface area (Å²) in [5.74, 6) is -0.271. The van der Waals surface area contributed by atoms with Crippen LogP contribution in [0.15, 0.2) is 48.5 Å². The number of nitrogens with zero attached hydrogens (tertiary/aromatic N) is 1. The van der Waals surface area contributed by atoms with Crippen LogP contribution in [0.1, 0.15) is 30.0 Å². The number of benzene rings is 2. The fourth-order valence-electron chi connectivity index (χ4n) is 3.00. The Balaban J connectivity index is 1.79. The van der Waals surface area contributed by atoms with Crippen LogP contribution in [0.4, 0.5) is 10.1 Å². The third-order valence-corrected chi connectivity index (χ3v) is 4.03. The lowest BCUT2D eigenvalue weighted by molar-refractivity contribution is 0.249. The predicted octanol–water partition coefficient (Wildman–Crippen LogP) is 3.75. The number of rotatable bonds is 3. The molecule has 0 saturated carbocycles. The van der Waals surface area contributed by atoms with Crippen molar-refractivity contribution in [1.29, 1.82) is 0 Å². The molecule has 0 radical (unpaired) electrons. The molecule has 1 heterocycles. The second kappa shape index (κ2) is 5.63. The van der Waals surface area contributed by atoms with Crippen molar-refractivity contribution in [3.8, 4) is 0 Å². The number of anilines is 1. The predicted molar refractivity (Wildman–Crippen MR) is 79.6 cm³/mol. The number of hydrogen-bond donors (Lipinski definition) is 1. The fourth-order valence-corrected chi connectivity index (χ4v) is 3.00. The molecule has 2 aromatic carbocycles. The van der Waals surface area contributed by atoms with Crippen LogP contribution in [0.5, 0.6) is 0 Å². The number of nitrogen functional groups attached to an aromatic ring is 1. The van der Waals surface area contributed by atoms with Crippen LogP contribution in [0.2, 0.25) is 0 Å². The molecule has 0 aromatic heterocycles. The molecule has 2 aromatic rings. The van der Waals surface area contributed by atoms with Crippen LogP contribution in [0.25, 0.3) is 0 Å². The molecule has 3 rings (SSSR count). The monoisotopic (exact) mass is 270 g/mol. The number of likely N-dealkylation sites (tertiary alicyclic amines) is 1. The third-order valence-electron chi connectivity index (χ3n) is 4.03. The topological polar surface area (TPSA) is 29.3 Å². The third kappa shape index (κ3) is 2.68. The van der Waals surface area contributed by atoms with Gasteiger partial charge in [0.25, 0.3) is 0 Å². The van der Waals surface area contributed by atoms with Gasteiger partial charge in [0, 0.05) is 18.3 Å². The quantitative estimate of drug-likeness (QED) is 0.861. The first-order valence-corrected chi connectivity index (χ1v) is 7.07. The largest absolute Gasteiger partial charge is 0.398 e. The Labute approximate surface area is 119 Å². The lowest BCUT2D eigenvalue weighted by Crippen LogP contribution is -2.23. The van der Waals surface area contributed by atoms with Gasteiger partial charge in [-0.25, -0.2) is 4.39 Å². The highest BCUT2D eigenvalue weighted by Gasteiger charge is 2.26. The minimum absolute atomic E-state index is 0.271. The zero-order valence-corrected chi connectivity index (χ0v) is 11.4. The summed E-state index contributed by atoms with van der Waals surface area (Å²) in [6.07, 6.45) is 2.37. The van der Waals surface area contributed by atoms with E-state index in [0.717, 1.165) is 18.7 Å². The molecule has 1 fully saturated rings. The molecule has 0 bridgehead atoms. The molecule has 20 heavy (non-hydrogen) atoms. The summed E-state index contributed by atoms with van der Waals surface area (Å²) in [7, 11) is 0. The number of halogens is 1. The van der Waals surface area contributed by atoms with Gasteiger partial charge >= 0.3 is 0 Å². The van der Waals surface area contributed by atoms with Gasteiger partial charge in [0.1, 0.15) is 5.82 Å². The second-order valence-electron chi connectivity index (χ2n) is 5.38. The molecule has 3 heteroatoms. The minimum atomic E-state index is -0.271. The van der Waals surface area contributed by atoms with E-state index in [1.807, 2.05) is 6.07 Å². The first-order chi connectivity index (χ1) is 9.74. The summed E-state index contributed by atoms with van der Waals surface area (Å²) in [6.45, 7) is 1.85.